The smallest absolute Gasteiger partial charge is 0.242 e. The minimum Gasteiger partial charge on any atom is -0.495 e. The number of carbonyl (C=O) groups is 2. The van der Waals surface area contributed by atoms with Gasteiger partial charge >= 0.3 is 0 Å². The van der Waals surface area contributed by atoms with Crippen LogP contribution in [-0.4, -0.2) is 57.6 Å². The fourth-order valence-electron chi connectivity index (χ4n) is 3.58. The number of anilines is 1. The monoisotopic (exact) mass is 557 g/mol. The van der Waals surface area contributed by atoms with Crippen LogP contribution in [0.25, 0.3) is 0 Å². The summed E-state index contributed by atoms with van der Waals surface area (Å²) in [6.07, 6.45) is 2.17. The van der Waals surface area contributed by atoms with E-state index in [-0.39, 0.29) is 42.8 Å². The van der Waals surface area contributed by atoms with Crippen LogP contribution in [0.3, 0.4) is 0 Å². The Kier molecular flexibility index (Phi) is 11.3. The van der Waals surface area contributed by atoms with Gasteiger partial charge in [0.05, 0.1) is 24.1 Å². The molecule has 1 N–H and O–H groups in total. The van der Waals surface area contributed by atoms with Crippen molar-refractivity contribution in [2.45, 2.75) is 45.7 Å². The second-order valence-corrected chi connectivity index (χ2v) is 11.1. The van der Waals surface area contributed by atoms with Gasteiger partial charge in [0.15, 0.2) is 0 Å². The van der Waals surface area contributed by atoms with E-state index in [4.69, 9.17) is 27.9 Å². The molecule has 8 nitrogen and oxygen atoms in total. The molecule has 0 aromatic heterocycles. The van der Waals surface area contributed by atoms with Crippen molar-refractivity contribution < 1.29 is 22.7 Å². The Labute approximate surface area is 223 Å². The van der Waals surface area contributed by atoms with Gasteiger partial charge in [0.2, 0.25) is 21.8 Å². The molecule has 0 aliphatic heterocycles. The fraction of sp³-hybridized carbons (Fsp3) is 0.440. The molecule has 0 heterocycles. The van der Waals surface area contributed by atoms with Crippen LogP contribution in [0.2, 0.25) is 10.0 Å². The normalized spacial score (nSPS) is 12.1. The van der Waals surface area contributed by atoms with Crippen molar-refractivity contribution in [3.05, 3.63) is 58.1 Å². The molecule has 0 aliphatic rings. The number of sulfonamides is 1. The van der Waals surface area contributed by atoms with Gasteiger partial charge in [0.1, 0.15) is 11.8 Å². The zero-order valence-corrected chi connectivity index (χ0v) is 23.3. The third kappa shape index (κ3) is 8.57. The van der Waals surface area contributed by atoms with Crippen molar-refractivity contribution in [2.24, 2.45) is 0 Å². The van der Waals surface area contributed by atoms with E-state index in [1.165, 1.54) is 22.4 Å². The molecule has 2 amide bonds. The lowest BCUT2D eigenvalue weighted by atomic mass is 10.1. The third-order valence-corrected chi connectivity index (χ3v) is 7.30. The molecule has 0 radical (unpaired) electrons. The second kappa shape index (κ2) is 13.7. The lowest BCUT2D eigenvalue weighted by Gasteiger charge is -2.29. The van der Waals surface area contributed by atoms with Crippen LogP contribution in [0.15, 0.2) is 42.5 Å². The molecule has 1 unspecified atom stereocenters. The number of hydrogen-bond acceptors (Lipinski definition) is 5. The SMILES string of the molecule is CCCNC(=O)C(C)N(Cc1ccc(Cl)cc1)C(=O)CCCN(c1ccc(OC)c(Cl)c1)S(C)(=O)=O. The number of halogens is 2. The number of benzene rings is 2. The molecule has 0 saturated carbocycles. The summed E-state index contributed by atoms with van der Waals surface area (Å²) >= 11 is 12.2. The number of methoxy groups -OCH3 is 1. The Morgan fingerprint density at radius 3 is 2.33 bits per heavy atom. The number of nitrogens with one attached hydrogen (secondary N) is 1. The first-order valence-electron chi connectivity index (χ1n) is 11.6. The number of hydrogen-bond donors (Lipinski definition) is 1. The van der Waals surface area contributed by atoms with Gasteiger partial charge in [0.25, 0.3) is 0 Å². The van der Waals surface area contributed by atoms with Gasteiger partial charge in [-0.15, -0.1) is 0 Å². The summed E-state index contributed by atoms with van der Waals surface area (Å²) < 4.78 is 31.3. The van der Waals surface area contributed by atoms with E-state index in [1.807, 2.05) is 6.92 Å². The predicted molar refractivity (Wildman–Crippen MR) is 144 cm³/mol. The lowest BCUT2D eigenvalue weighted by Crippen LogP contribution is -2.47. The fourth-order valence-corrected chi connectivity index (χ4v) is 4.91. The summed E-state index contributed by atoms with van der Waals surface area (Å²) in [6, 6.07) is 11.1. The van der Waals surface area contributed by atoms with Crippen LogP contribution in [0.4, 0.5) is 5.69 Å². The largest absolute Gasteiger partial charge is 0.495 e. The molecule has 0 fully saturated rings. The van der Waals surface area contributed by atoms with Gasteiger partial charge in [0, 0.05) is 31.1 Å². The molecule has 0 saturated heterocycles. The summed E-state index contributed by atoms with van der Waals surface area (Å²) in [5.41, 5.74) is 1.20. The number of amides is 2. The molecule has 0 spiro atoms. The molecule has 36 heavy (non-hydrogen) atoms. The highest BCUT2D eigenvalue weighted by molar-refractivity contribution is 7.92. The van der Waals surface area contributed by atoms with Gasteiger partial charge < -0.3 is 15.0 Å². The quantitative estimate of drug-likeness (QED) is 0.391. The van der Waals surface area contributed by atoms with Crippen molar-refractivity contribution in [1.82, 2.24) is 10.2 Å². The van der Waals surface area contributed by atoms with Crippen LogP contribution in [0.5, 0.6) is 5.75 Å². The van der Waals surface area contributed by atoms with Crippen molar-refractivity contribution >= 4 is 50.7 Å². The Bertz CT molecular complexity index is 1140. The van der Waals surface area contributed by atoms with Crippen LogP contribution in [0, 0.1) is 0 Å². The van der Waals surface area contributed by atoms with Crippen molar-refractivity contribution in [1.29, 1.82) is 0 Å². The van der Waals surface area contributed by atoms with E-state index in [0.29, 0.717) is 23.0 Å². The number of ether oxygens (including phenoxy) is 1. The maximum absolute atomic E-state index is 13.3. The Hall–Kier alpha value is -2.49. The topological polar surface area (TPSA) is 96.0 Å². The maximum Gasteiger partial charge on any atom is 0.242 e. The minimum absolute atomic E-state index is 0.0505. The minimum atomic E-state index is -3.63. The van der Waals surface area contributed by atoms with Gasteiger partial charge in [-0.05, 0) is 55.7 Å². The highest BCUT2D eigenvalue weighted by Crippen LogP contribution is 2.30. The van der Waals surface area contributed by atoms with E-state index in [2.05, 4.69) is 5.32 Å². The standard InChI is InChI=1S/C25H33Cl2N3O5S/c1-5-14-28-25(32)18(2)29(17-19-8-10-20(26)11-9-19)24(31)7-6-15-30(36(4,33)34)21-12-13-23(35-3)22(27)16-21/h8-13,16,18H,5-7,14-15,17H2,1-4H3,(H,28,32). The van der Waals surface area contributed by atoms with E-state index in [0.717, 1.165) is 18.2 Å². The van der Waals surface area contributed by atoms with Crippen molar-refractivity contribution in [3.63, 3.8) is 0 Å². The molecule has 2 rings (SSSR count). The molecule has 1 atom stereocenters. The first-order valence-corrected chi connectivity index (χ1v) is 14.2. The summed E-state index contributed by atoms with van der Waals surface area (Å²) in [5, 5.41) is 3.68. The van der Waals surface area contributed by atoms with Crippen molar-refractivity contribution in [2.75, 3.05) is 30.8 Å². The van der Waals surface area contributed by atoms with E-state index in [9.17, 15) is 18.0 Å². The third-order valence-electron chi connectivity index (χ3n) is 5.56. The summed E-state index contributed by atoms with van der Waals surface area (Å²) in [7, 11) is -2.16. The molecule has 2 aromatic rings. The highest BCUT2D eigenvalue weighted by atomic mass is 35.5. The summed E-state index contributed by atoms with van der Waals surface area (Å²) in [5.74, 6) is -0.0765. The van der Waals surface area contributed by atoms with Crippen LogP contribution in [0.1, 0.15) is 38.7 Å². The zero-order valence-electron chi connectivity index (χ0n) is 21.0. The first kappa shape index (κ1) is 29.7. The highest BCUT2D eigenvalue weighted by Gasteiger charge is 2.26. The van der Waals surface area contributed by atoms with Gasteiger partial charge in [-0.1, -0.05) is 42.3 Å². The number of nitrogens with zero attached hydrogens (tertiary/aromatic N) is 2. The number of rotatable bonds is 13. The average Bonchev–Trinajstić information content (AvgIpc) is 2.83. The van der Waals surface area contributed by atoms with E-state index in [1.54, 1.807) is 43.3 Å². The molecule has 2 aromatic carbocycles. The Morgan fingerprint density at radius 1 is 1.11 bits per heavy atom. The Morgan fingerprint density at radius 2 is 1.78 bits per heavy atom. The lowest BCUT2D eigenvalue weighted by molar-refractivity contribution is -0.140. The maximum atomic E-state index is 13.3. The summed E-state index contributed by atoms with van der Waals surface area (Å²) in [4.78, 5) is 27.4. The predicted octanol–water partition coefficient (Wildman–Crippen LogP) is 4.49. The average molecular weight is 559 g/mol. The molecule has 0 bridgehead atoms. The first-order chi connectivity index (χ1) is 17.0. The second-order valence-electron chi connectivity index (χ2n) is 8.37. The molecule has 198 valence electrons. The van der Waals surface area contributed by atoms with Gasteiger partial charge in [-0.3, -0.25) is 13.9 Å². The Balaban J connectivity index is 2.17. The van der Waals surface area contributed by atoms with Crippen LogP contribution >= 0.6 is 23.2 Å². The molecule has 11 heteroatoms. The molecule has 0 aliphatic carbocycles. The number of carbonyl (C=O) groups excluding carboxylic acids is 2. The van der Waals surface area contributed by atoms with Crippen LogP contribution < -0.4 is 14.4 Å². The molecular weight excluding hydrogens is 525 g/mol. The van der Waals surface area contributed by atoms with Crippen molar-refractivity contribution in [3.8, 4) is 5.75 Å². The molecular formula is C25H33Cl2N3O5S. The van der Waals surface area contributed by atoms with Crippen LogP contribution in [-0.2, 0) is 26.2 Å². The van der Waals surface area contributed by atoms with Gasteiger partial charge in [-0.25, -0.2) is 8.42 Å². The summed E-state index contributed by atoms with van der Waals surface area (Å²) in [6.45, 7) is 4.44. The van der Waals surface area contributed by atoms with E-state index < -0.39 is 16.1 Å². The van der Waals surface area contributed by atoms with E-state index >= 15 is 0 Å². The van der Waals surface area contributed by atoms with Gasteiger partial charge in [-0.2, -0.15) is 0 Å². The zero-order chi connectivity index (χ0) is 26.9.